The molecule has 3 aromatic rings. The Labute approximate surface area is 145 Å². The van der Waals surface area contributed by atoms with Crippen molar-refractivity contribution in [1.82, 2.24) is 0 Å². The molecule has 0 saturated carbocycles. The Bertz CT molecular complexity index is 990. The zero-order valence-corrected chi connectivity index (χ0v) is 13.2. The van der Waals surface area contributed by atoms with E-state index in [-0.39, 0.29) is 17.2 Å². The highest BCUT2D eigenvalue weighted by atomic mass is 16.6. The van der Waals surface area contributed by atoms with Crippen LogP contribution in [0.15, 0.2) is 68.2 Å². The largest absolute Gasteiger partial charge is 0.519 e. The van der Waals surface area contributed by atoms with Gasteiger partial charge in [-0.05, 0) is 12.1 Å². The fourth-order valence-electron chi connectivity index (χ4n) is 2.41. The van der Waals surface area contributed by atoms with E-state index < -0.39 is 22.9 Å². The molecule has 1 amide bonds. The van der Waals surface area contributed by atoms with Crippen molar-refractivity contribution in [2.24, 2.45) is 5.73 Å². The van der Waals surface area contributed by atoms with Crippen LogP contribution in [0.2, 0.25) is 0 Å². The average molecular weight is 356 g/mol. The summed E-state index contributed by atoms with van der Waals surface area (Å²) in [5.74, 6) is -0.993. The van der Waals surface area contributed by atoms with Gasteiger partial charge in [-0.15, -0.1) is 0 Å². The Morgan fingerprint density at radius 3 is 2.31 bits per heavy atom. The summed E-state index contributed by atoms with van der Waals surface area (Å²) in [5.41, 5.74) is 5.81. The number of carbonyl (C=O) groups is 1. The average Bonchev–Trinajstić information content (AvgIpc) is 3.02. The molecule has 1 atom stereocenters. The first-order valence-electron chi connectivity index (χ1n) is 7.35. The number of amides is 1. The second-order valence-electron chi connectivity index (χ2n) is 5.18. The standard InChI is InChI=1S/C17H12N2O7/c18-16(20)24-13(11-6-8-12(9-7-11)19(22)23)15-14(25-17(21)26-15)10-4-2-1-3-5-10/h1-9,13H,(H2,18,20). The summed E-state index contributed by atoms with van der Waals surface area (Å²) in [6, 6.07) is 13.8. The highest BCUT2D eigenvalue weighted by Gasteiger charge is 2.29. The minimum Gasteiger partial charge on any atom is -0.433 e. The van der Waals surface area contributed by atoms with Crippen LogP contribution in [0.5, 0.6) is 0 Å². The lowest BCUT2D eigenvalue weighted by molar-refractivity contribution is -0.384. The molecule has 2 N–H and O–H groups in total. The summed E-state index contributed by atoms with van der Waals surface area (Å²) < 4.78 is 15.2. The molecule has 3 rings (SSSR count). The van der Waals surface area contributed by atoms with Gasteiger partial charge in [0, 0.05) is 23.3 Å². The van der Waals surface area contributed by atoms with Crippen LogP contribution in [0, 0.1) is 10.1 Å². The first kappa shape index (κ1) is 17.0. The fraction of sp³-hybridized carbons (Fsp3) is 0.0588. The highest BCUT2D eigenvalue weighted by Crippen LogP contribution is 2.34. The number of nitro benzene ring substituents is 1. The molecule has 0 aliphatic rings. The summed E-state index contributed by atoms with van der Waals surface area (Å²) in [6.07, 6.45) is -2.33. The van der Waals surface area contributed by atoms with Crippen molar-refractivity contribution in [2.75, 3.05) is 0 Å². The maximum atomic E-state index is 11.7. The third kappa shape index (κ3) is 3.46. The van der Waals surface area contributed by atoms with E-state index in [0.717, 1.165) is 0 Å². The second-order valence-corrected chi connectivity index (χ2v) is 5.18. The topological polar surface area (TPSA) is 139 Å². The number of primary amides is 1. The Hall–Kier alpha value is -3.88. The van der Waals surface area contributed by atoms with Crippen LogP contribution < -0.4 is 11.6 Å². The number of nitrogens with two attached hydrogens (primary N) is 1. The van der Waals surface area contributed by atoms with Gasteiger partial charge in [-0.3, -0.25) is 10.1 Å². The van der Waals surface area contributed by atoms with Crippen LogP contribution >= 0.6 is 0 Å². The number of non-ortho nitro benzene ring substituents is 1. The monoisotopic (exact) mass is 356 g/mol. The molecule has 9 nitrogen and oxygen atoms in total. The van der Waals surface area contributed by atoms with Crippen molar-refractivity contribution in [3.05, 3.63) is 86.7 Å². The van der Waals surface area contributed by atoms with Crippen molar-refractivity contribution < 1.29 is 23.3 Å². The molecule has 0 spiro atoms. The zero-order valence-electron chi connectivity index (χ0n) is 13.2. The number of benzene rings is 2. The highest BCUT2D eigenvalue weighted by molar-refractivity contribution is 5.66. The Balaban J connectivity index is 2.11. The zero-order chi connectivity index (χ0) is 18.7. The molecule has 132 valence electrons. The van der Waals surface area contributed by atoms with Crippen LogP contribution in [-0.4, -0.2) is 11.0 Å². The number of rotatable bonds is 5. The molecule has 9 heteroatoms. The number of carbonyl (C=O) groups excluding carboxylic acids is 1. The minimum atomic E-state index is -1.21. The molecule has 1 unspecified atom stereocenters. The summed E-state index contributed by atoms with van der Waals surface area (Å²) in [5, 5.41) is 10.8. The Kier molecular flexibility index (Phi) is 4.52. The smallest absolute Gasteiger partial charge is 0.433 e. The van der Waals surface area contributed by atoms with Gasteiger partial charge in [0.25, 0.3) is 5.69 Å². The molecule has 0 aliphatic heterocycles. The van der Waals surface area contributed by atoms with Crippen molar-refractivity contribution in [3.63, 3.8) is 0 Å². The number of hydrogen-bond donors (Lipinski definition) is 1. The normalized spacial score (nSPS) is 11.7. The quantitative estimate of drug-likeness (QED) is 0.547. The molecule has 1 aromatic heterocycles. The molecule has 2 aromatic carbocycles. The summed E-state index contributed by atoms with van der Waals surface area (Å²) >= 11 is 0. The molecule has 0 aliphatic carbocycles. The van der Waals surface area contributed by atoms with Crippen molar-refractivity contribution in [3.8, 4) is 11.3 Å². The molecule has 26 heavy (non-hydrogen) atoms. The Morgan fingerprint density at radius 2 is 1.73 bits per heavy atom. The van der Waals surface area contributed by atoms with Gasteiger partial charge in [0.1, 0.15) is 0 Å². The molecule has 0 radical (unpaired) electrons. The first-order chi connectivity index (χ1) is 12.5. The van der Waals surface area contributed by atoms with Crippen LogP contribution in [0.25, 0.3) is 11.3 Å². The number of nitrogens with zero attached hydrogens (tertiary/aromatic N) is 1. The van der Waals surface area contributed by atoms with E-state index in [0.29, 0.717) is 11.1 Å². The molecule has 0 fully saturated rings. The van der Waals surface area contributed by atoms with E-state index in [2.05, 4.69) is 0 Å². The first-order valence-corrected chi connectivity index (χ1v) is 7.35. The summed E-state index contributed by atoms with van der Waals surface area (Å²) in [4.78, 5) is 33.2. The molecular formula is C17H12N2O7. The van der Waals surface area contributed by atoms with Crippen LogP contribution in [0.3, 0.4) is 0 Å². The predicted molar refractivity (Wildman–Crippen MR) is 88.3 cm³/mol. The van der Waals surface area contributed by atoms with Gasteiger partial charge in [0.05, 0.1) is 4.92 Å². The second kappa shape index (κ2) is 6.93. The lowest BCUT2D eigenvalue weighted by Crippen LogP contribution is -2.18. The van der Waals surface area contributed by atoms with Gasteiger partial charge in [-0.1, -0.05) is 30.3 Å². The van der Waals surface area contributed by atoms with Gasteiger partial charge in [0.2, 0.25) is 0 Å². The third-order valence-corrected chi connectivity index (χ3v) is 3.52. The maximum absolute atomic E-state index is 11.7. The van der Waals surface area contributed by atoms with E-state index in [4.69, 9.17) is 19.3 Å². The van der Waals surface area contributed by atoms with Crippen LogP contribution in [0.4, 0.5) is 10.5 Å². The van der Waals surface area contributed by atoms with Crippen molar-refractivity contribution in [2.45, 2.75) is 6.10 Å². The van der Waals surface area contributed by atoms with Gasteiger partial charge in [0.15, 0.2) is 17.6 Å². The summed E-state index contributed by atoms with van der Waals surface area (Å²) in [7, 11) is 0. The lowest BCUT2D eigenvalue weighted by atomic mass is 10.0. The lowest BCUT2D eigenvalue weighted by Gasteiger charge is -2.15. The van der Waals surface area contributed by atoms with Crippen LogP contribution in [0.1, 0.15) is 17.4 Å². The summed E-state index contributed by atoms with van der Waals surface area (Å²) in [6.45, 7) is 0. The SMILES string of the molecule is NC(=O)OC(c1ccc([N+](=O)[O-])cc1)c1oc(=O)oc1-c1ccccc1. The number of nitro groups is 1. The fourth-order valence-corrected chi connectivity index (χ4v) is 2.41. The van der Waals surface area contributed by atoms with E-state index in [1.165, 1.54) is 24.3 Å². The van der Waals surface area contributed by atoms with Crippen molar-refractivity contribution >= 4 is 11.8 Å². The molecular weight excluding hydrogens is 344 g/mol. The number of hydrogen-bond acceptors (Lipinski definition) is 7. The van der Waals surface area contributed by atoms with E-state index >= 15 is 0 Å². The maximum Gasteiger partial charge on any atom is 0.519 e. The van der Waals surface area contributed by atoms with Crippen LogP contribution in [-0.2, 0) is 4.74 Å². The van der Waals surface area contributed by atoms with E-state index in [1.807, 2.05) is 0 Å². The van der Waals surface area contributed by atoms with Gasteiger partial charge in [-0.2, -0.15) is 0 Å². The van der Waals surface area contributed by atoms with Crippen molar-refractivity contribution in [1.29, 1.82) is 0 Å². The molecule has 0 saturated heterocycles. The van der Waals surface area contributed by atoms with E-state index in [1.54, 1.807) is 30.3 Å². The molecule has 1 heterocycles. The predicted octanol–water partition coefficient (Wildman–Crippen LogP) is 2.99. The van der Waals surface area contributed by atoms with E-state index in [9.17, 15) is 19.7 Å². The third-order valence-electron chi connectivity index (χ3n) is 3.52. The van der Waals surface area contributed by atoms with Gasteiger partial charge >= 0.3 is 11.9 Å². The van der Waals surface area contributed by atoms with Gasteiger partial charge < -0.3 is 19.3 Å². The Morgan fingerprint density at radius 1 is 1.08 bits per heavy atom. The van der Waals surface area contributed by atoms with Gasteiger partial charge in [-0.25, -0.2) is 9.59 Å². The number of ether oxygens (including phenoxy) is 1. The molecule has 0 bridgehead atoms. The minimum absolute atomic E-state index is 0.0696.